The topological polar surface area (TPSA) is 118 Å². The molecule has 0 heterocycles. The Hall–Kier alpha value is -4.08. The van der Waals surface area contributed by atoms with Crippen molar-refractivity contribution in [3.63, 3.8) is 0 Å². The molecule has 0 fully saturated rings. The van der Waals surface area contributed by atoms with Crippen LogP contribution >= 0.6 is 23.2 Å². The zero-order valence-electron chi connectivity index (χ0n) is 18.4. The molecule has 0 unspecified atom stereocenters. The molecule has 0 aromatic heterocycles. The predicted molar refractivity (Wildman–Crippen MR) is 134 cm³/mol. The van der Waals surface area contributed by atoms with Crippen LogP contribution in [0.2, 0.25) is 10.0 Å². The third-order valence-electron chi connectivity index (χ3n) is 4.37. The quantitative estimate of drug-likeness (QED) is 0.237. The van der Waals surface area contributed by atoms with Crippen molar-refractivity contribution in [2.24, 2.45) is 5.10 Å². The fourth-order valence-corrected chi connectivity index (χ4v) is 3.14. The number of nitrogens with one attached hydrogen (secondary N) is 3. The molecular weight excluding hydrogens is 495 g/mol. The van der Waals surface area contributed by atoms with Crippen molar-refractivity contribution in [3.05, 3.63) is 82.3 Å². The Bertz CT molecular complexity index is 1250. The highest BCUT2D eigenvalue weighted by Gasteiger charge is 2.13. The molecule has 3 amide bonds. The molecule has 11 heteroatoms. The van der Waals surface area contributed by atoms with Crippen LogP contribution < -0.4 is 25.5 Å². The Morgan fingerprint density at radius 2 is 1.69 bits per heavy atom. The molecule has 0 bridgehead atoms. The van der Waals surface area contributed by atoms with Gasteiger partial charge < -0.3 is 20.1 Å². The third kappa shape index (κ3) is 8.02. The van der Waals surface area contributed by atoms with E-state index < -0.39 is 17.7 Å². The van der Waals surface area contributed by atoms with Gasteiger partial charge in [-0.3, -0.25) is 14.4 Å². The zero-order chi connectivity index (χ0) is 25.2. The van der Waals surface area contributed by atoms with E-state index in [-0.39, 0.29) is 6.61 Å². The van der Waals surface area contributed by atoms with Crippen molar-refractivity contribution in [2.45, 2.75) is 0 Å². The van der Waals surface area contributed by atoms with Gasteiger partial charge in [-0.25, -0.2) is 5.43 Å². The van der Waals surface area contributed by atoms with E-state index in [0.29, 0.717) is 38.5 Å². The highest BCUT2D eigenvalue weighted by molar-refractivity contribution is 6.39. The summed E-state index contributed by atoms with van der Waals surface area (Å²) in [5, 5.41) is 9.62. The van der Waals surface area contributed by atoms with Gasteiger partial charge in [0.2, 0.25) is 0 Å². The van der Waals surface area contributed by atoms with Gasteiger partial charge in [0.25, 0.3) is 5.91 Å². The molecular formula is C24H20Cl2N4O5. The molecule has 9 nitrogen and oxygen atoms in total. The molecule has 0 aliphatic heterocycles. The molecule has 3 rings (SSSR count). The number of rotatable bonds is 8. The van der Waals surface area contributed by atoms with E-state index in [4.69, 9.17) is 32.7 Å². The van der Waals surface area contributed by atoms with E-state index in [1.54, 1.807) is 60.7 Å². The minimum Gasteiger partial charge on any atom is -0.497 e. The number of halogens is 2. The van der Waals surface area contributed by atoms with Crippen LogP contribution in [0.4, 0.5) is 11.4 Å². The lowest BCUT2D eigenvalue weighted by Gasteiger charge is -2.09. The second-order valence-corrected chi connectivity index (χ2v) is 7.76. The summed E-state index contributed by atoms with van der Waals surface area (Å²) in [6.45, 7) is -0.262. The highest BCUT2D eigenvalue weighted by Crippen LogP contribution is 2.25. The van der Waals surface area contributed by atoms with Crippen molar-refractivity contribution >= 4 is 58.5 Å². The summed E-state index contributed by atoms with van der Waals surface area (Å²) in [5.41, 5.74) is 3.56. The fraction of sp³-hybridized carbons (Fsp3) is 0.0833. The van der Waals surface area contributed by atoms with Crippen LogP contribution in [0.15, 0.2) is 71.8 Å². The van der Waals surface area contributed by atoms with E-state index in [0.717, 1.165) is 0 Å². The van der Waals surface area contributed by atoms with Gasteiger partial charge in [-0.15, -0.1) is 0 Å². The number of hydrogen-bond donors (Lipinski definition) is 3. The number of anilines is 2. The van der Waals surface area contributed by atoms with Crippen LogP contribution in [0, 0.1) is 0 Å². The molecule has 0 atom stereocenters. The van der Waals surface area contributed by atoms with E-state index in [2.05, 4.69) is 21.2 Å². The van der Waals surface area contributed by atoms with Gasteiger partial charge in [0.05, 0.1) is 24.0 Å². The standard InChI is InChI=1S/C24H20Cl2N4O5/c1-34-18-8-6-17(7-9-18)28-23(32)24(33)30-27-13-15-3-2-4-19(11-15)35-14-22(31)29-21-10-5-16(25)12-20(21)26/h2-13H,14H2,1H3,(H,28,32)(H,29,31)(H,30,33)/b27-13-. The summed E-state index contributed by atoms with van der Waals surface area (Å²) in [4.78, 5) is 36.1. The molecule has 3 N–H and O–H groups in total. The highest BCUT2D eigenvalue weighted by atomic mass is 35.5. The molecule has 35 heavy (non-hydrogen) atoms. The van der Waals surface area contributed by atoms with Gasteiger partial charge >= 0.3 is 11.8 Å². The van der Waals surface area contributed by atoms with Gasteiger partial charge in [0, 0.05) is 10.7 Å². The number of hydrogen-bond acceptors (Lipinski definition) is 6. The molecule has 3 aromatic rings. The molecule has 0 aliphatic rings. The van der Waals surface area contributed by atoms with Crippen molar-refractivity contribution in [1.82, 2.24) is 5.43 Å². The number of carbonyl (C=O) groups excluding carboxylic acids is 3. The summed E-state index contributed by atoms with van der Waals surface area (Å²) in [5.74, 6) is -1.22. The molecule has 0 saturated heterocycles. The minimum absolute atomic E-state index is 0.262. The second-order valence-electron chi connectivity index (χ2n) is 6.92. The number of amides is 3. The lowest BCUT2D eigenvalue weighted by molar-refractivity contribution is -0.136. The SMILES string of the molecule is COc1ccc(NC(=O)C(=O)N/N=C\c2cccc(OCC(=O)Nc3ccc(Cl)cc3Cl)c2)cc1. The predicted octanol–water partition coefficient (Wildman–Crippen LogP) is 4.11. The second kappa shape index (κ2) is 12.4. The van der Waals surface area contributed by atoms with Gasteiger partial charge in [-0.2, -0.15) is 5.10 Å². The lowest BCUT2D eigenvalue weighted by Crippen LogP contribution is -2.32. The van der Waals surface area contributed by atoms with Crippen LogP contribution in [0.1, 0.15) is 5.56 Å². The number of carbonyl (C=O) groups is 3. The Morgan fingerprint density at radius 3 is 2.40 bits per heavy atom. The smallest absolute Gasteiger partial charge is 0.329 e. The summed E-state index contributed by atoms with van der Waals surface area (Å²) >= 11 is 11.9. The Balaban J connectivity index is 1.48. The van der Waals surface area contributed by atoms with Crippen LogP contribution in [0.25, 0.3) is 0 Å². The maximum atomic E-state index is 12.1. The molecule has 0 radical (unpaired) electrons. The van der Waals surface area contributed by atoms with Crippen LogP contribution in [0.5, 0.6) is 11.5 Å². The first-order valence-corrected chi connectivity index (χ1v) is 10.9. The Kier molecular flexibility index (Phi) is 9.05. The van der Waals surface area contributed by atoms with Crippen molar-refractivity contribution in [1.29, 1.82) is 0 Å². The normalized spacial score (nSPS) is 10.5. The Morgan fingerprint density at radius 1 is 0.914 bits per heavy atom. The number of nitrogens with zero attached hydrogens (tertiary/aromatic N) is 1. The first-order valence-electron chi connectivity index (χ1n) is 10.1. The first kappa shape index (κ1) is 25.5. The number of ether oxygens (including phenoxy) is 2. The fourth-order valence-electron chi connectivity index (χ4n) is 2.69. The van der Waals surface area contributed by atoms with Crippen molar-refractivity contribution < 1.29 is 23.9 Å². The molecule has 0 aliphatic carbocycles. The molecule has 3 aromatic carbocycles. The van der Waals surface area contributed by atoms with E-state index in [1.165, 1.54) is 19.4 Å². The van der Waals surface area contributed by atoms with Crippen molar-refractivity contribution in [3.8, 4) is 11.5 Å². The lowest BCUT2D eigenvalue weighted by atomic mass is 10.2. The summed E-state index contributed by atoms with van der Waals surface area (Å²) in [7, 11) is 1.52. The van der Waals surface area contributed by atoms with Crippen molar-refractivity contribution in [2.75, 3.05) is 24.4 Å². The van der Waals surface area contributed by atoms with Gasteiger partial charge in [0.15, 0.2) is 6.61 Å². The van der Waals surface area contributed by atoms with E-state index in [9.17, 15) is 14.4 Å². The summed E-state index contributed by atoms with van der Waals surface area (Å²) in [6.07, 6.45) is 1.33. The van der Waals surface area contributed by atoms with Crippen LogP contribution in [0.3, 0.4) is 0 Å². The largest absolute Gasteiger partial charge is 0.497 e. The minimum atomic E-state index is -0.943. The molecule has 0 spiro atoms. The maximum absolute atomic E-state index is 12.1. The van der Waals surface area contributed by atoms with Gasteiger partial charge in [-0.05, 0) is 60.2 Å². The summed E-state index contributed by atoms with van der Waals surface area (Å²) < 4.78 is 10.5. The number of methoxy groups -OCH3 is 1. The zero-order valence-corrected chi connectivity index (χ0v) is 19.9. The van der Waals surface area contributed by atoms with Crippen LogP contribution in [-0.4, -0.2) is 37.7 Å². The average Bonchev–Trinajstić information content (AvgIpc) is 2.85. The van der Waals surface area contributed by atoms with Gasteiger partial charge in [0.1, 0.15) is 11.5 Å². The summed E-state index contributed by atoms with van der Waals surface area (Å²) in [6, 6.07) is 17.9. The first-order chi connectivity index (χ1) is 16.8. The third-order valence-corrected chi connectivity index (χ3v) is 4.91. The average molecular weight is 515 g/mol. The Labute approximate surface area is 211 Å². The van der Waals surface area contributed by atoms with E-state index in [1.807, 2.05) is 0 Å². The maximum Gasteiger partial charge on any atom is 0.329 e. The van der Waals surface area contributed by atoms with E-state index >= 15 is 0 Å². The number of benzene rings is 3. The monoisotopic (exact) mass is 514 g/mol. The molecule has 180 valence electrons. The number of hydrazone groups is 1. The van der Waals surface area contributed by atoms with Crippen LogP contribution in [-0.2, 0) is 14.4 Å². The van der Waals surface area contributed by atoms with Gasteiger partial charge in [-0.1, -0.05) is 35.3 Å². The molecule has 0 saturated carbocycles.